The first-order valence-corrected chi connectivity index (χ1v) is 8.63. The number of benzene rings is 1. The molecule has 0 bridgehead atoms. The van der Waals surface area contributed by atoms with Gasteiger partial charge in [0.25, 0.3) is 0 Å². The fourth-order valence-corrected chi connectivity index (χ4v) is 2.88. The first-order valence-electron chi connectivity index (χ1n) is 8.63. The van der Waals surface area contributed by atoms with Crippen molar-refractivity contribution in [2.75, 3.05) is 32.7 Å². The van der Waals surface area contributed by atoms with Crippen molar-refractivity contribution in [2.24, 2.45) is 10.7 Å². The molecule has 24 heavy (non-hydrogen) atoms. The maximum atomic E-state index is 5.95. The van der Waals surface area contributed by atoms with E-state index in [4.69, 9.17) is 19.9 Å². The molecule has 0 unspecified atom stereocenters. The molecule has 1 aliphatic rings. The van der Waals surface area contributed by atoms with E-state index in [1.165, 1.54) is 38.5 Å². The Morgan fingerprint density at radius 1 is 1.17 bits per heavy atom. The van der Waals surface area contributed by atoms with Gasteiger partial charge in [0.2, 0.25) is 0 Å². The fourth-order valence-electron chi connectivity index (χ4n) is 2.88. The first-order chi connectivity index (χ1) is 11.7. The number of nitrogens with one attached hydrogen (secondary N) is 1. The summed E-state index contributed by atoms with van der Waals surface area (Å²) in [6.45, 7) is 1.14. The van der Waals surface area contributed by atoms with Gasteiger partial charge < -0.3 is 25.3 Å². The van der Waals surface area contributed by atoms with Crippen LogP contribution in [0.4, 0.5) is 5.69 Å². The number of rotatable bonds is 7. The van der Waals surface area contributed by atoms with Crippen LogP contribution in [0.25, 0.3) is 0 Å². The monoisotopic (exact) mass is 335 g/mol. The number of hydrogen-bond acceptors (Lipinski definition) is 4. The summed E-state index contributed by atoms with van der Waals surface area (Å²) in [7, 11) is 3.23. The SMILES string of the molecule is COc1ccc(OC)c(NC(N)=NCCOC2CCCCCC2)c1. The maximum Gasteiger partial charge on any atom is 0.193 e. The molecule has 1 aromatic rings. The lowest BCUT2D eigenvalue weighted by Crippen LogP contribution is -2.24. The second kappa shape index (κ2) is 10.0. The Kier molecular flexibility index (Phi) is 7.68. The number of methoxy groups -OCH3 is 2. The summed E-state index contributed by atoms with van der Waals surface area (Å²) in [5, 5.41) is 3.05. The number of nitrogens with two attached hydrogens (primary N) is 1. The maximum absolute atomic E-state index is 5.95. The smallest absolute Gasteiger partial charge is 0.193 e. The molecule has 0 heterocycles. The fraction of sp³-hybridized carbons (Fsp3) is 0.611. The van der Waals surface area contributed by atoms with Crippen molar-refractivity contribution >= 4 is 11.6 Å². The summed E-state index contributed by atoms with van der Waals surface area (Å²) in [5.74, 6) is 1.75. The normalized spacial score (nSPS) is 16.5. The number of guanidine groups is 1. The largest absolute Gasteiger partial charge is 0.497 e. The standard InChI is InChI=1S/C18H29N3O3/c1-22-15-9-10-17(23-2)16(13-15)21-18(19)20-11-12-24-14-7-5-3-4-6-8-14/h9-10,13-14H,3-8,11-12H2,1-2H3,(H3,19,20,21). The molecule has 6 nitrogen and oxygen atoms in total. The van der Waals surface area contributed by atoms with Gasteiger partial charge in [0, 0.05) is 6.07 Å². The Balaban J connectivity index is 1.81. The number of anilines is 1. The van der Waals surface area contributed by atoms with E-state index in [1.54, 1.807) is 14.2 Å². The van der Waals surface area contributed by atoms with Crippen LogP contribution < -0.4 is 20.5 Å². The summed E-state index contributed by atoms with van der Waals surface area (Å²) in [4.78, 5) is 4.32. The predicted octanol–water partition coefficient (Wildman–Crippen LogP) is 3.17. The van der Waals surface area contributed by atoms with Crippen molar-refractivity contribution in [1.29, 1.82) is 0 Å². The van der Waals surface area contributed by atoms with Crippen LogP contribution in [-0.4, -0.2) is 39.4 Å². The molecule has 0 spiro atoms. The second-order valence-electron chi connectivity index (χ2n) is 5.94. The Hall–Kier alpha value is -1.95. The van der Waals surface area contributed by atoms with Crippen molar-refractivity contribution in [3.63, 3.8) is 0 Å². The Labute approximate surface area is 144 Å². The Bertz CT molecular complexity index is 526. The molecule has 0 amide bonds. The minimum atomic E-state index is 0.339. The van der Waals surface area contributed by atoms with Crippen LogP contribution in [0.2, 0.25) is 0 Å². The van der Waals surface area contributed by atoms with Crippen LogP contribution in [0.5, 0.6) is 11.5 Å². The Morgan fingerprint density at radius 3 is 2.58 bits per heavy atom. The number of aliphatic imine (C=N–C) groups is 1. The topological polar surface area (TPSA) is 78.1 Å². The van der Waals surface area contributed by atoms with E-state index in [-0.39, 0.29) is 0 Å². The molecule has 134 valence electrons. The molecule has 1 fully saturated rings. The van der Waals surface area contributed by atoms with Gasteiger partial charge in [-0.3, -0.25) is 4.99 Å². The highest BCUT2D eigenvalue weighted by atomic mass is 16.5. The van der Waals surface area contributed by atoms with Gasteiger partial charge in [-0.05, 0) is 25.0 Å². The average molecular weight is 335 g/mol. The van der Waals surface area contributed by atoms with Crippen LogP contribution in [0.3, 0.4) is 0 Å². The summed E-state index contributed by atoms with van der Waals surface area (Å²) in [6.07, 6.45) is 7.92. The molecule has 0 aliphatic heterocycles. The third kappa shape index (κ3) is 5.92. The molecule has 1 aromatic carbocycles. The van der Waals surface area contributed by atoms with E-state index in [1.807, 2.05) is 18.2 Å². The van der Waals surface area contributed by atoms with Gasteiger partial charge in [0.15, 0.2) is 5.96 Å². The van der Waals surface area contributed by atoms with Crippen LogP contribution in [0, 0.1) is 0 Å². The average Bonchev–Trinajstić information content (AvgIpc) is 2.87. The zero-order chi connectivity index (χ0) is 17.2. The van der Waals surface area contributed by atoms with Crippen LogP contribution in [0.15, 0.2) is 23.2 Å². The molecule has 6 heteroatoms. The second-order valence-corrected chi connectivity index (χ2v) is 5.94. The van der Waals surface area contributed by atoms with Gasteiger partial charge in [-0.1, -0.05) is 25.7 Å². The van der Waals surface area contributed by atoms with E-state index < -0.39 is 0 Å². The highest BCUT2D eigenvalue weighted by molar-refractivity contribution is 5.94. The number of ether oxygens (including phenoxy) is 3. The molecule has 3 N–H and O–H groups in total. The quantitative estimate of drug-likeness (QED) is 0.346. The molecule has 2 rings (SSSR count). The van der Waals surface area contributed by atoms with Crippen LogP contribution >= 0.6 is 0 Å². The summed E-state index contributed by atoms with van der Waals surface area (Å²) >= 11 is 0. The lowest BCUT2D eigenvalue weighted by molar-refractivity contribution is 0.0487. The van der Waals surface area contributed by atoms with Gasteiger partial charge in [0.05, 0.1) is 39.2 Å². The Morgan fingerprint density at radius 2 is 1.92 bits per heavy atom. The van der Waals surface area contributed by atoms with Crippen LogP contribution in [0.1, 0.15) is 38.5 Å². The van der Waals surface area contributed by atoms with Crippen LogP contribution in [-0.2, 0) is 4.74 Å². The number of nitrogens with zero attached hydrogens (tertiary/aromatic N) is 1. The van der Waals surface area contributed by atoms with Gasteiger partial charge in [0.1, 0.15) is 11.5 Å². The lowest BCUT2D eigenvalue weighted by Gasteiger charge is -2.15. The van der Waals surface area contributed by atoms with Gasteiger partial charge >= 0.3 is 0 Å². The third-order valence-corrected chi connectivity index (χ3v) is 4.20. The minimum absolute atomic E-state index is 0.339. The van der Waals surface area contributed by atoms with E-state index in [0.717, 1.165) is 11.4 Å². The highest BCUT2D eigenvalue weighted by Gasteiger charge is 2.12. The van der Waals surface area contributed by atoms with E-state index in [2.05, 4.69) is 10.3 Å². The van der Waals surface area contributed by atoms with Gasteiger partial charge in [-0.2, -0.15) is 0 Å². The van der Waals surface area contributed by atoms with Crippen molar-refractivity contribution in [2.45, 2.75) is 44.6 Å². The lowest BCUT2D eigenvalue weighted by atomic mass is 10.1. The molecular formula is C18H29N3O3. The predicted molar refractivity (Wildman–Crippen MR) is 97.1 cm³/mol. The summed E-state index contributed by atoms with van der Waals surface area (Å²) < 4.78 is 16.4. The van der Waals surface area contributed by atoms with Gasteiger partial charge in [-0.15, -0.1) is 0 Å². The molecular weight excluding hydrogens is 306 g/mol. The molecule has 0 saturated heterocycles. The van der Waals surface area contributed by atoms with Crippen molar-refractivity contribution in [3.8, 4) is 11.5 Å². The van der Waals surface area contributed by atoms with Gasteiger partial charge in [-0.25, -0.2) is 0 Å². The molecule has 0 radical (unpaired) electrons. The zero-order valence-corrected chi connectivity index (χ0v) is 14.7. The van der Waals surface area contributed by atoms with E-state index in [9.17, 15) is 0 Å². The van der Waals surface area contributed by atoms with E-state index in [0.29, 0.717) is 31.0 Å². The van der Waals surface area contributed by atoms with Crippen molar-refractivity contribution < 1.29 is 14.2 Å². The molecule has 0 aromatic heterocycles. The molecule has 1 saturated carbocycles. The summed E-state index contributed by atoms with van der Waals surface area (Å²) in [5.41, 5.74) is 6.68. The molecule has 0 atom stereocenters. The third-order valence-electron chi connectivity index (χ3n) is 4.20. The minimum Gasteiger partial charge on any atom is -0.497 e. The summed E-state index contributed by atoms with van der Waals surface area (Å²) in [6, 6.07) is 5.48. The van der Waals surface area contributed by atoms with E-state index >= 15 is 0 Å². The number of hydrogen-bond donors (Lipinski definition) is 2. The first kappa shape index (κ1) is 18.4. The zero-order valence-electron chi connectivity index (χ0n) is 14.7. The van der Waals surface area contributed by atoms with Crippen molar-refractivity contribution in [3.05, 3.63) is 18.2 Å². The van der Waals surface area contributed by atoms with Crippen molar-refractivity contribution in [1.82, 2.24) is 0 Å². The molecule has 1 aliphatic carbocycles. The highest BCUT2D eigenvalue weighted by Crippen LogP contribution is 2.28.